The van der Waals surface area contributed by atoms with E-state index in [2.05, 4.69) is 4.90 Å². The van der Waals surface area contributed by atoms with Crippen LogP contribution >= 0.6 is 11.6 Å². The van der Waals surface area contributed by atoms with Crippen molar-refractivity contribution in [3.8, 4) is 0 Å². The van der Waals surface area contributed by atoms with Gasteiger partial charge in [0.05, 0.1) is 11.5 Å². The lowest BCUT2D eigenvalue weighted by Gasteiger charge is -2.63. The van der Waals surface area contributed by atoms with E-state index < -0.39 is 58.5 Å². The van der Waals surface area contributed by atoms with E-state index in [0.29, 0.717) is 31.1 Å². The van der Waals surface area contributed by atoms with Gasteiger partial charge in [-0.1, -0.05) is 36.7 Å². The molecule has 1 aromatic rings. The topological polar surface area (TPSA) is 57.6 Å². The number of carbonyl (C=O) groups excluding carboxylic acids is 2. The maximum atomic E-state index is 17.4. The summed E-state index contributed by atoms with van der Waals surface area (Å²) in [4.78, 5) is 27.7. The molecular formula is C30H33ClF3NO3. The highest BCUT2D eigenvalue weighted by Crippen LogP contribution is 2.74. The highest BCUT2D eigenvalue weighted by atomic mass is 35.5. The zero-order valence-corrected chi connectivity index (χ0v) is 22.4. The first-order valence-corrected chi connectivity index (χ1v) is 13.8. The monoisotopic (exact) mass is 547 g/mol. The Labute approximate surface area is 225 Å². The third-order valence-corrected chi connectivity index (χ3v) is 11.4. The third kappa shape index (κ3) is 3.18. The maximum absolute atomic E-state index is 17.4. The number of halogens is 4. The molecule has 3 saturated carbocycles. The molecule has 1 aliphatic heterocycles. The van der Waals surface area contributed by atoms with Gasteiger partial charge < -0.3 is 5.11 Å². The summed E-state index contributed by atoms with van der Waals surface area (Å²) >= 11 is 6.17. The highest BCUT2D eigenvalue weighted by molar-refractivity contribution is 6.30. The SMILES string of the molecule is C[C@]12C=CC(=O)C=C1[C@@H](F)C[C@H]1[C@@H]3C[C@H]4CN(Cc5cccc(Cl)c5)C[C@@]4(C(=O)CF)[C@@]3(C)C[C@H](O)[C@@]12F. The summed E-state index contributed by atoms with van der Waals surface area (Å²) in [5.74, 6) is -2.42. The van der Waals surface area contributed by atoms with Crippen molar-refractivity contribution in [3.63, 3.8) is 0 Å². The Morgan fingerprint density at radius 2 is 2.00 bits per heavy atom. The number of hydrogen-bond donors (Lipinski definition) is 1. The van der Waals surface area contributed by atoms with E-state index in [-0.39, 0.29) is 30.1 Å². The molecule has 38 heavy (non-hydrogen) atoms. The molecule has 0 amide bonds. The fourth-order valence-corrected chi connectivity index (χ4v) is 9.72. The second-order valence-electron chi connectivity index (χ2n) is 12.6. The Morgan fingerprint density at radius 1 is 1.24 bits per heavy atom. The van der Waals surface area contributed by atoms with Crippen molar-refractivity contribution in [2.24, 2.45) is 34.0 Å². The molecule has 0 spiro atoms. The van der Waals surface area contributed by atoms with E-state index in [0.717, 1.165) is 5.56 Å². The van der Waals surface area contributed by atoms with Gasteiger partial charge in [-0.05, 0) is 78.9 Å². The number of aliphatic hydroxyl groups is 1. The molecule has 1 heterocycles. The summed E-state index contributed by atoms with van der Waals surface area (Å²) in [6.45, 7) is 3.69. The van der Waals surface area contributed by atoms with Crippen molar-refractivity contribution < 1.29 is 27.9 Å². The van der Waals surface area contributed by atoms with E-state index in [1.165, 1.54) is 18.2 Å². The van der Waals surface area contributed by atoms with Gasteiger partial charge in [0.25, 0.3) is 0 Å². The van der Waals surface area contributed by atoms with Crippen molar-refractivity contribution in [2.75, 3.05) is 19.8 Å². The predicted molar refractivity (Wildman–Crippen MR) is 138 cm³/mol. The van der Waals surface area contributed by atoms with Crippen molar-refractivity contribution in [2.45, 2.75) is 57.6 Å². The van der Waals surface area contributed by atoms with Crippen LogP contribution in [0.2, 0.25) is 5.02 Å². The molecule has 1 saturated heterocycles. The maximum Gasteiger partial charge on any atom is 0.178 e. The number of rotatable bonds is 4. The van der Waals surface area contributed by atoms with Crippen molar-refractivity contribution in [3.05, 3.63) is 58.7 Å². The molecule has 4 aliphatic carbocycles. The minimum atomic E-state index is -2.21. The summed E-state index contributed by atoms with van der Waals surface area (Å²) < 4.78 is 47.4. The number of Topliss-reactive ketones (excluding diaryl/α,β-unsaturated/α-hetero) is 1. The summed E-state index contributed by atoms with van der Waals surface area (Å²) in [6.07, 6.45) is 1.07. The van der Waals surface area contributed by atoms with Gasteiger partial charge in [0.1, 0.15) is 12.8 Å². The van der Waals surface area contributed by atoms with Gasteiger partial charge in [-0.25, -0.2) is 13.2 Å². The number of likely N-dealkylation sites (tertiary alicyclic amines) is 1. The quantitative estimate of drug-likeness (QED) is 0.561. The predicted octanol–water partition coefficient (Wildman–Crippen LogP) is 5.23. The van der Waals surface area contributed by atoms with Gasteiger partial charge in [0.2, 0.25) is 0 Å². The van der Waals surface area contributed by atoms with Crippen LogP contribution in [-0.4, -0.2) is 59.3 Å². The molecule has 0 bridgehead atoms. The van der Waals surface area contributed by atoms with Gasteiger partial charge in [-0.2, -0.15) is 0 Å². The number of aliphatic hydroxyl groups excluding tert-OH is 1. The van der Waals surface area contributed by atoms with Crippen LogP contribution in [0, 0.1) is 34.0 Å². The van der Waals surface area contributed by atoms with Crippen LogP contribution in [0.25, 0.3) is 0 Å². The second kappa shape index (κ2) is 8.52. The average molecular weight is 548 g/mol. The van der Waals surface area contributed by atoms with Gasteiger partial charge in [-0.3, -0.25) is 14.5 Å². The lowest BCUT2D eigenvalue weighted by atomic mass is 9.43. The van der Waals surface area contributed by atoms with Gasteiger partial charge in [0.15, 0.2) is 17.2 Å². The molecule has 0 radical (unpaired) electrons. The molecular weight excluding hydrogens is 515 g/mol. The number of alkyl halides is 3. The van der Waals surface area contributed by atoms with Crippen LogP contribution in [0.1, 0.15) is 38.7 Å². The van der Waals surface area contributed by atoms with Crippen molar-refractivity contribution >= 4 is 23.2 Å². The van der Waals surface area contributed by atoms with E-state index in [9.17, 15) is 19.1 Å². The first-order valence-electron chi connectivity index (χ1n) is 13.4. The zero-order valence-electron chi connectivity index (χ0n) is 21.6. The fraction of sp³-hybridized carbons (Fsp3) is 0.600. The van der Waals surface area contributed by atoms with Crippen LogP contribution < -0.4 is 0 Å². The highest BCUT2D eigenvalue weighted by Gasteiger charge is 2.78. The zero-order chi connectivity index (χ0) is 27.3. The van der Waals surface area contributed by atoms with E-state index in [1.807, 2.05) is 25.1 Å². The Kier molecular flexibility index (Phi) is 5.89. The molecule has 9 atom stereocenters. The van der Waals surface area contributed by atoms with E-state index >= 15 is 8.78 Å². The summed E-state index contributed by atoms with van der Waals surface area (Å²) in [5.41, 5.74) is -4.64. The smallest absolute Gasteiger partial charge is 0.178 e. The number of benzene rings is 1. The number of ketones is 2. The van der Waals surface area contributed by atoms with Crippen LogP contribution in [0.4, 0.5) is 13.2 Å². The number of hydrogen-bond acceptors (Lipinski definition) is 4. The lowest BCUT2D eigenvalue weighted by Crippen LogP contribution is -2.69. The molecule has 0 aromatic heterocycles. The minimum Gasteiger partial charge on any atom is -0.390 e. The van der Waals surface area contributed by atoms with Gasteiger partial charge in [-0.15, -0.1) is 0 Å². The van der Waals surface area contributed by atoms with Gasteiger partial charge >= 0.3 is 0 Å². The van der Waals surface area contributed by atoms with Crippen LogP contribution in [0.5, 0.6) is 0 Å². The first kappa shape index (κ1) is 26.3. The number of nitrogens with zero attached hydrogens (tertiary/aromatic N) is 1. The lowest BCUT2D eigenvalue weighted by molar-refractivity contribution is -0.211. The minimum absolute atomic E-state index is 0.0283. The molecule has 5 aliphatic rings. The Hall–Kier alpha value is -1.96. The Bertz CT molecular complexity index is 1270. The van der Waals surface area contributed by atoms with Crippen LogP contribution in [-0.2, 0) is 16.1 Å². The van der Waals surface area contributed by atoms with Crippen LogP contribution in [0.15, 0.2) is 48.1 Å². The number of allylic oxidation sites excluding steroid dienone is 4. The van der Waals surface area contributed by atoms with E-state index in [1.54, 1.807) is 13.0 Å². The Morgan fingerprint density at radius 3 is 2.71 bits per heavy atom. The first-order chi connectivity index (χ1) is 17.9. The molecule has 1 aromatic carbocycles. The summed E-state index contributed by atoms with van der Waals surface area (Å²) in [7, 11) is 0. The average Bonchev–Trinajstić information content (AvgIpc) is 3.34. The molecule has 0 unspecified atom stereocenters. The molecule has 8 heteroatoms. The van der Waals surface area contributed by atoms with Crippen LogP contribution in [0.3, 0.4) is 0 Å². The van der Waals surface area contributed by atoms with Gasteiger partial charge in [0, 0.05) is 36.0 Å². The largest absolute Gasteiger partial charge is 0.390 e. The number of fused-ring (bicyclic) bond motifs is 7. The Balaban J connectivity index is 1.40. The normalized spacial score (nSPS) is 45.7. The van der Waals surface area contributed by atoms with Crippen molar-refractivity contribution in [1.29, 1.82) is 0 Å². The number of carbonyl (C=O) groups is 2. The molecule has 4 fully saturated rings. The van der Waals surface area contributed by atoms with E-state index in [4.69, 9.17) is 11.6 Å². The summed E-state index contributed by atoms with van der Waals surface area (Å²) in [6, 6.07) is 7.47. The third-order valence-electron chi connectivity index (χ3n) is 11.1. The molecule has 4 nitrogen and oxygen atoms in total. The summed E-state index contributed by atoms with van der Waals surface area (Å²) in [5, 5.41) is 12.2. The standard InChI is InChI=1S/C30H33ClF3NO3/c1-27-7-6-20(36)10-23(27)24(33)11-22-21-9-18-15-35(14-17-4-3-5-19(31)8-17)16-29(18,26(38)13-32)28(21,2)12-25(37)30(22,27)34/h3-8,10,18,21-22,24-25,37H,9,11-16H2,1-2H3/t18-,21-,22-,24-,25-,27-,28-,29+,30-/m0/s1. The van der Waals surface area contributed by atoms with Crippen molar-refractivity contribution in [1.82, 2.24) is 4.90 Å². The second-order valence-corrected chi connectivity index (χ2v) is 13.1. The molecule has 6 rings (SSSR count). The fourth-order valence-electron chi connectivity index (χ4n) is 9.51. The molecule has 1 N–H and O–H groups in total. The molecule has 204 valence electrons.